The molecule has 0 radical (unpaired) electrons. The Morgan fingerprint density at radius 1 is 1.50 bits per heavy atom. The van der Waals surface area contributed by atoms with Crippen molar-refractivity contribution in [2.24, 2.45) is 0 Å². The van der Waals surface area contributed by atoms with Crippen LogP contribution < -0.4 is 0 Å². The molecule has 1 rings (SSSR count). The Hall–Kier alpha value is -1.53. The zero-order chi connectivity index (χ0) is 12.1. The summed E-state index contributed by atoms with van der Waals surface area (Å²) in [6.45, 7) is 3.93. The number of aryl methyl sites for hydroxylation is 1. The van der Waals surface area contributed by atoms with Gasteiger partial charge in [-0.1, -0.05) is 24.6 Å². The van der Waals surface area contributed by atoms with Gasteiger partial charge in [0.1, 0.15) is 6.07 Å². The molecule has 16 heavy (non-hydrogen) atoms. The van der Waals surface area contributed by atoms with Crippen molar-refractivity contribution in [1.29, 1.82) is 5.26 Å². The average molecular weight is 238 g/mol. The number of nitriles is 1. The minimum absolute atomic E-state index is 0.181. The van der Waals surface area contributed by atoms with Crippen LogP contribution in [0.1, 0.15) is 35.3 Å². The molecular formula is C12H12ClNO2. The minimum atomic E-state index is -0.494. The normalized spacial score (nSPS) is 9.62. The van der Waals surface area contributed by atoms with Gasteiger partial charge in [-0.05, 0) is 25.0 Å². The molecule has 0 saturated carbocycles. The first-order valence-corrected chi connectivity index (χ1v) is 5.42. The highest BCUT2D eigenvalue weighted by atomic mass is 35.5. The van der Waals surface area contributed by atoms with E-state index in [1.54, 1.807) is 19.1 Å². The molecule has 0 atom stereocenters. The number of ether oxygens (including phenoxy) is 1. The van der Waals surface area contributed by atoms with Crippen LogP contribution in [0, 0.1) is 11.3 Å². The molecule has 0 saturated heterocycles. The lowest BCUT2D eigenvalue weighted by Gasteiger charge is -2.08. The molecule has 0 unspecified atom stereocenters. The number of esters is 1. The second-order valence-electron chi connectivity index (χ2n) is 3.15. The van der Waals surface area contributed by atoms with Crippen LogP contribution in [-0.4, -0.2) is 12.6 Å². The van der Waals surface area contributed by atoms with Crippen molar-refractivity contribution in [3.8, 4) is 6.07 Å². The van der Waals surface area contributed by atoms with Gasteiger partial charge >= 0.3 is 5.97 Å². The van der Waals surface area contributed by atoms with Crippen molar-refractivity contribution < 1.29 is 9.53 Å². The maximum absolute atomic E-state index is 11.5. The Labute approximate surface area is 99.6 Å². The number of hydrogen-bond acceptors (Lipinski definition) is 3. The van der Waals surface area contributed by atoms with E-state index in [-0.39, 0.29) is 17.2 Å². The van der Waals surface area contributed by atoms with Gasteiger partial charge in [0.15, 0.2) is 0 Å². The van der Waals surface area contributed by atoms with Crippen molar-refractivity contribution >= 4 is 17.6 Å². The molecule has 0 aliphatic carbocycles. The number of benzene rings is 1. The molecule has 3 nitrogen and oxygen atoms in total. The van der Waals surface area contributed by atoms with Gasteiger partial charge in [-0.2, -0.15) is 5.26 Å². The van der Waals surface area contributed by atoms with Crippen LogP contribution in [0.4, 0.5) is 0 Å². The van der Waals surface area contributed by atoms with Gasteiger partial charge in [-0.25, -0.2) is 4.79 Å². The highest BCUT2D eigenvalue weighted by Crippen LogP contribution is 2.25. The van der Waals surface area contributed by atoms with E-state index in [2.05, 4.69) is 0 Å². The molecule has 4 heteroatoms. The van der Waals surface area contributed by atoms with E-state index in [1.807, 2.05) is 13.0 Å². The van der Waals surface area contributed by atoms with E-state index in [0.29, 0.717) is 12.0 Å². The van der Waals surface area contributed by atoms with Gasteiger partial charge in [0.05, 0.1) is 22.8 Å². The largest absolute Gasteiger partial charge is 0.462 e. The summed E-state index contributed by atoms with van der Waals surface area (Å²) in [5.41, 5.74) is 1.44. The maximum atomic E-state index is 11.5. The lowest BCUT2D eigenvalue weighted by atomic mass is 10.0. The molecule has 0 fully saturated rings. The number of hydrogen-bond donors (Lipinski definition) is 0. The zero-order valence-corrected chi connectivity index (χ0v) is 9.97. The monoisotopic (exact) mass is 237 g/mol. The molecule has 1 aromatic carbocycles. The molecule has 0 aliphatic heterocycles. The third kappa shape index (κ3) is 2.34. The molecule has 84 valence electrons. The highest BCUT2D eigenvalue weighted by Gasteiger charge is 2.16. The Kier molecular flexibility index (Phi) is 4.33. The fourth-order valence-corrected chi connectivity index (χ4v) is 1.70. The van der Waals surface area contributed by atoms with Crippen LogP contribution in [0.3, 0.4) is 0 Å². The predicted octanol–water partition coefficient (Wildman–Crippen LogP) is 2.95. The van der Waals surface area contributed by atoms with Crippen LogP contribution in [0.15, 0.2) is 12.1 Å². The number of carbonyl (C=O) groups excluding carboxylic acids is 1. The summed E-state index contributed by atoms with van der Waals surface area (Å²) in [5.74, 6) is -0.494. The van der Waals surface area contributed by atoms with Gasteiger partial charge in [0, 0.05) is 0 Å². The predicted molar refractivity (Wildman–Crippen MR) is 61.5 cm³/mol. The molecule has 0 aromatic heterocycles. The number of nitrogens with zero attached hydrogens (tertiary/aromatic N) is 1. The van der Waals surface area contributed by atoms with Gasteiger partial charge < -0.3 is 4.74 Å². The fraction of sp³-hybridized carbons (Fsp3) is 0.333. The molecule has 1 aromatic rings. The van der Waals surface area contributed by atoms with Crippen molar-refractivity contribution in [1.82, 2.24) is 0 Å². The second-order valence-corrected chi connectivity index (χ2v) is 3.53. The van der Waals surface area contributed by atoms with Crippen molar-refractivity contribution in [3.05, 3.63) is 33.8 Å². The summed E-state index contributed by atoms with van der Waals surface area (Å²) in [6.07, 6.45) is 0.700. The second kappa shape index (κ2) is 5.53. The maximum Gasteiger partial charge on any atom is 0.339 e. The van der Waals surface area contributed by atoms with Gasteiger partial charge in [0.2, 0.25) is 0 Å². The highest BCUT2D eigenvalue weighted by molar-refractivity contribution is 6.34. The Bertz CT molecular complexity index is 449. The first kappa shape index (κ1) is 12.5. The third-order valence-electron chi connectivity index (χ3n) is 2.22. The van der Waals surface area contributed by atoms with Crippen LogP contribution in [-0.2, 0) is 11.2 Å². The SMILES string of the molecule is CCOC(=O)c1ccc(CC)c(C#N)c1Cl. The Balaban J connectivity index is 3.25. The summed E-state index contributed by atoms with van der Waals surface area (Å²) in [7, 11) is 0. The van der Waals surface area contributed by atoms with Crippen LogP contribution in [0.2, 0.25) is 5.02 Å². The summed E-state index contributed by atoms with van der Waals surface area (Å²) < 4.78 is 4.85. The fourth-order valence-electron chi connectivity index (χ4n) is 1.40. The Morgan fingerprint density at radius 2 is 2.19 bits per heavy atom. The molecule has 0 heterocycles. The Morgan fingerprint density at radius 3 is 2.69 bits per heavy atom. The van der Waals surface area contributed by atoms with E-state index >= 15 is 0 Å². The van der Waals surface area contributed by atoms with Crippen molar-refractivity contribution in [2.45, 2.75) is 20.3 Å². The van der Waals surface area contributed by atoms with Crippen LogP contribution in [0.5, 0.6) is 0 Å². The van der Waals surface area contributed by atoms with Crippen LogP contribution in [0.25, 0.3) is 0 Å². The smallest absolute Gasteiger partial charge is 0.339 e. The number of carbonyl (C=O) groups is 1. The lowest BCUT2D eigenvalue weighted by molar-refractivity contribution is 0.0526. The molecule has 0 N–H and O–H groups in total. The summed E-state index contributed by atoms with van der Waals surface area (Å²) >= 11 is 6.00. The third-order valence-corrected chi connectivity index (χ3v) is 2.61. The molecule has 0 spiro atoms. The molecule has 0 aliphatic rings. The zero-order valence-electron chi connectivity index (χ0n) is 9.21. The topological polar surface area (TPSA) is 50.1 Å². The summed E-state index contributed by atoms with van der Waals surface area (Å²) in [4.78, 5) is 11.5. The standard InChI is InChI=1S/C12H12ClNO2/c1-3-8-5-6-9(12(15)16-4-2)11(13)10(8)7-14/h5-6H,3-4H2,1-2H3. The van der Waals surface area contributed by atoms with E-state index in [1.165, 1.54) is 0 Å². The first-order valence-electron chi connectivity index (χ1n) is 5.04. The van der Waals surface area contributed by atoms with E-state index in [0.717, 1.165) is 5.56 Å². The van der Waals surface area contributed by atoms with E-state index in [9.17, 15) is 4.79 Å². The minimum Gasteiger partial charge on any atom is -0.462 e. The van der Waals surface area contributed by atoms with Gasteiger partial charge in [-0.15, -0.1) is 0 Å². The van der Waals surface area contributed by atoms with E-state index in [4.69, 9.17) is 21.6 Å². The number of halogens is 1. The molecule has 0 bridgehead atoms. The van der Waals surface area contributed by atoms with Crippen molar-refractivity contribution in [2.75, 3.05) is 6.61 Å². The first-order chi connectivity index (χ1) is 7.65. The molecular weight excluding hydrogens is 226 g/mol. The number of rotatable bonds is 3. The summed E-state index contributed by atoms with van der Waals surface area (Å²) in [6, 6.07) is 5.34. The van der Waals surface area contributed by atoms with Gasteiger partial charge in [0.25, 0.3) is 0 Å². The van der Waals surface area contributed by atoms with E-state index < -0.39 is 5.97 Å². The van der Waals surface area contributed by atoms with Crippen LogP contribution >= 0.6 is 11.6 Å². The van der Waals surface area contributed by atoms with Crippen molar-refractivity contribution in [3.63, 3.8) is 0 Å². The molecule has 0 amide bonds. The average Bonchev–Trinajstić information content (AvgIpc) is 2.28. The lowest BCUT2D eigenvalue weighted by Crippen LogP contribution is -2.07. The quantitative estimate of drug-likeness (QED) is 0.760. The van der Waals surface area contributed by atoms with Gasteiger partial charge in [-0.3, -0.25) is 0 Å². The summed E-state index contributed by atoms with van der Waals surface area (Å²) in [5, 5.41) is 9.16.